The van der Waals surface area contributed by atoms with E-state index in [0.29, 0.717) is 22.0 Å². The summed E-state index contributed by atoms with van der Waals surface area (Å²) in [6, 6.07) is 10.8. The third-order valence-corrected chi connectivity index (χ3v) is 4.81. The van der Waals surface area contributed by atoms with E-state index in [1.807, 2.05) is 18.4 Å². The van der Waals surface area contributed by atoms with Crippen molar-refractivity contribution in [2.24, 2.45) is 5.92 Å². The first-order chi connectivity index (χ1) is 12.0. The van der Waals surface area contributed by atoms with Gasteiger partial charge in [-0.05, 0) is 55.0 Å². The molecule has 1 heterocycles. The molecule has 1 aromatic heterocycles. The number of carbonyl (C=O) groups excluding carboxylic acids is 2. The summed E-state index contributed by atoms with van der Waals surface area (Å²) in [7, 11) is 0. The Balaban J connectivity index is 1.84. The van der Waals surface area contributed by atoms with E-state index in [2.05, 4.69) is 24.5 Å². The largest absolute Gasteiger partial charge is 0.350 e. The van der Waals surface area contributed by atoms with Crippen molar-refractivity contribution in [2.45, 2.75) is 46.1 Å². The second-order valence-electron chi connectivity index (χ2n) is 6.71. The molecule has 0 radical (unpaired) electrons. The number of hydrogen-bond donors (Lipinski definition) is 2. The summed E-state index contributed by atoms with van der Waals surface area (Å²) in [5.74, 6) is 0.485. The molecular formula is C20H26N2O2S. The molecule has 0 spiro atoms. The molecule has 0 bridgehead atoms. The Morgan fingerprint density at radius 3 is 2.32 bits per heavy atom. The second-order valence-corrected chi connectivity index (χ2v) is 7.66. The molecule has 0 saturated carbocycles. The van der Waals surface area contributed by atoms with E-state index in [9.17, 15) is 9.59 Å². The number of thiophene rings is 1. The van der Waals surface area contributed by atoms with Crippen molar-refractivity contribution in [3.63, 3.8) is 0 Å². The fraction of sp³-hybridized carbons (Fsp3) is 0.400. The van der Waals surface area contributed by atoms with Crippen LogP contribution in [0.1, 0.15) is 60.1 Å². The van der Waals surface area contributed by atoms with Gasteiger partial charge in [0.15, 0.2) is 0 Å². The predicted octanol–water partition coefficient (Wildman–Crippen LogP) is 4.95. The lowest BCUT2D eigenvalue weighted by Gasteiger charge is -2.14. The maximum Gasteiger partial charge on any atom is 0.265 e. The Hall–Kier alpha value is -2.14. The third kappa shape index (κ3) is 6.35. The number of hydrogen-bond acceptors (Lipinski definition) is 3. The molecule has 4 nitrogen and oxygen atoms in total. The van der Waals surface area contributed by atoms with Crippen LogP contribution in [0, 0.1) is 5.92 Å². The van der Waals surface area contributed by atoms with E-state index in [4.69, 9.17) is 0 Å². The minimum absolute atomic E-state index is 0.0758. The lowest BCUT2D eigenvalue weighted by molar-refractivity contribution is 0.0937. The normalized spacial score (nSPS) is 12.0. The van der Waals surface area contributed by atoms with Gasteiger partial charge in [0.05, 0.1) is 4.88 Å². The quantitative estimate of drug-likeness (QED) is 0.702. The molecule has 25 heavy (non-hydrogen) atoms. The molecule has 1 atom stereocenters. The molecule has 134 valence electrons. The van der Waals surface area contributed by atoms with Crippen LogP contribution in [0.3, 0.4) is 0 Å². The fourth-order valence-corrected chi connectivity index (χ4v) is 3.14. The van der Waals surface area contributed by atoms with Crippen molar-refractivity contribution in [3.05, 3.63) is 52.2 Å². The molecule has 2 aromatic rings. The highest BCUT2D eigenvalue weighted by molar-refractivity contribution is 7.12. The third-order valence-electron chi connectivity index (χ3n) is 3.95. The van der Waals surface area contributed by atoms with Gasteiger partial charge in [-0.1, -0.05) is 32.8 Å². The molecular weight excluding hydrogens is 332 g/mol. The predicted molar refractivity (Wildman–Crippen MR) is 104 cm³/mol. The molecule has 2 rings (SSSR count). The monoisotopic (exact) mass is 358 g/mol. The Labute approximate surface area is 153 Å². The van der Waals surface area contributed by atoms with Gasteiger partial charge in [0.2, 0.25) is 0 Å². The summed E-state index contributed by atoms with van der Waals surface area (Å²) < 4.78 is 0. The zero-order chi connectivity index (χ0) is 18.2. The fourth-order valence-electron chi connectivity index (χ4n) is 2.52. The van der Waals surface area contributed by atoms with Crippen LogP contribution in [0.15, 0.2) is 41.8 Å². The van der Waals surface area contributed by atoms with E-state index >= 15 is 0 Å². The van der Waals surface area contributed by atoms with Gasteiger partial charge < -0.3 is 10.6 Å². The number of benzene rings is 1. The first-order valence-electron chi connectivity index (χ1n) is 8.71. The van der Waals surface area contributed by atoms with Gasteiger partial charge in [-0.15, -0.1) is 11.3 Å². The molecule has 0 aliphatic carbocycles. The number of anilines is 1. The first kappa shape index (κ1) is 19.2. The molecule has 1 unspecified atom stereocenters. The van der Waals surface area contributed by atoms with Gasteiger partial charge in [-0.3, -0.25) is 9.59 Å². The summed E-state index contributed by atoms with van der Waals surface area (Å²) in [5.41, 5.74) is 1.28. The highest BCUT2D eigenvalue weighted by atomic mass is 32.1. The van der Waals surface area contributed by atoms with Crippen LogP contribution in [0.4, 0.5) is 5.69 Å². The van der Waals surface area contributed by atoms with Crippen LogP contribution in [-0.4, -0.2) is 17.9 Å². The van der Waals surface area contributed by atoms with Crippen LogP contribution in [0.25, 0.3) is 0 Å². The summed E-state index contributed by atoms with van der Waals surface area (Å²) >= 11 is 1.40. The Kier molecular flexibility index (Phi) is 7.19. The summed E-state index contributed by atoms with van der Waals surface area (Å²) in [5, 5.41) is 7.72. The number of amides is 2. The van der Waals surface area contributed by atoms with Crippen LogP contribution >= 0.6 is 11.3 Å². The molecule has 0 aliphatic rings. The van der Waals surface area contributed by atoms with Crippen molar-refractivity contribution in [1.82, 2.24) is 5.32 Å². The van der Waals surface area contributed by atoms with E-state index in [0.717, 1.165) is 12.8 Å². The zero-order valence-corrected chi connectivity index (χ0v) is 15.9. The SMILES string of the molecule is CC(C)CCCC(C)NC(=O)c1ccc(NC(=O)c2cccs2)cc1. The first-order valence-corrected chi connectivity index (χ1v) is 9.59. The topological polar surface area (TPSA) is 58.2 Å². The van der Waals surface area contributed by atoms with Gasteiger partial charge >= 0.3 is 0 Å². The summed E-state index contributed by atoms with van der Waals surface area (Å²) in [4.78, 5) is 24.9. The van der Waals surface area contributed by atoms with Crippen molar-refractivity contribution >= 4 is 28.8 Å². The highest BCUT2D eigenvalue weighted by Crippen LogP contribution is 2.15. The maximum absolute atomic E-state index is 12.3. The summed E-state index contributed by atoms with van der Waals surface area (Å²) in [6.45, 7) is 6.46. The zero-order valence-electron chi connectivity index (χ0n) is 15.0. The van der Waals surface area contributed by atoms with Crippen LogP contribution in [-0.2, 0) is 0 Å². The molecule has 0 saturated heterocycles. The van der Waals surface area contributed by atoms with Gasteiger partial charge in [0.25, 0.3) is 11.8 Å². The molecule has 5 heteroatoms. The number of nitrogens with one attached hydrogen (secondary N) is 2. The lowest BCUT2D eigenvalue weighted by atomic mass is 10.0. The van der Waals surface area contributed by atoms with E-state index in [1.54, 1.807) is 30.3 Å². The molecule has 0 aliphatic heterocycles. The highest BCUT2D eigenvalue weighted by Gasteiger charge is 2.11. The lowest BCUT2D eigenvalue weighted by Crippen LogP contribution is -2.32. The molecule has 1 aromatic carbocycles. The molecule has 2 amide bonds. The minimum atomic E-state index is -0.133. The molecule has 0 fully saturated rings. The van der Waals surface area contributed by atoms with Crippen LogP contribution in [0.2, 0.25) is 0 Å². The van der Waals surface area contributed by atoms with E-state index in [1.165, 1.54) is 17.8 Å². The standard InChI is InChI=1S/C20H26N2O2S/c1-14(2)6-4-7-15(3)21-19(23)16-9-11-17(12-10-16)22-20(24)18-8-5-13-25-18/h5,8-15H,4,6-7H2,1-3H3,(H,21,23)(H,22,24). The average molecular weight is 359 g/mol. The molecule has 2 N–H and O–H groups in total. The number of rotatable bonds is 8. The number of carbonyl (C=O) groups is 2. The second kappa shape index (κ2) is 9.37. The minimum Gasteiger partial charge on any atom is -0.350 e. The smallest absolute Gasteiger partial charge is 0.265 e. The van der Waals surface area contributed by atoms with Gasteiger partial charge in [-0.2, -0.15) is 0 Å². The maximum atomic E-state index is 12.3. The van der Waals surface area contributed by atoms with Crippen molar-refractivity contribution in [2.75, 3.05) is 5.32 Å². The van der Waals surface area contributed by atoms with E-state index in [-0.39, 0.29) is 17.9 Å². The summed E-state index contributed by atoms with van der Waals surface area (Å²) in [6.07, 6.45) is 3.28. The Morgan fingerprint density at radius 2 is 1.72 bits per heavy atom. The Bertz CT molecular complexity index is 678. The van der Waals surface area contributed by atoms with Gasteiger partial charge in [0, 0.05) is 17.3 Å². The van der Waals surface area contributed by atoms with Gasteiger partial charge in [0.1, 0.15) is 0 Å². The van der Waals surface area contributed by atoms with Crippen molar-refractivity contribution in [3.8, 4) is 0 Å². The van der Waals surface area contributed by atoms with E-state index < -0.39 is 0 Å². The van der Waals surface area contributed by atoms with Crippen molar-refractivity contribution in [1.29, 1.82) is 0 Å². The Morgan fingerprint density at radius 1 is 1.00 bits per heavy atom. The van der Waals surface area contributed by atoms with Gasteiger partial charge in [-0.25, -0.2) is 0 Å². The van der Waals surface area contributed by atoms with Crippen molar-refractivity contribution < 1.29 is 9.59 Å². The average Bonchev–Trinajstić information content (AvgIpc) is 3.09. The van der Waals surface area contributed by atoms with Crippen LogP contribution < -0.4 is 10.6 Å². The van der Waals surface area contributed by atoms with Crippen LogP contribution in [0.5, 0.6) is 0 Å².